The molecule has 1 aromatic rings. The Hall–Kier alpha value is -2.47. The van der Waals surface area contributed by atoms with Crippen molar-refractivity contribution in [2.75, 3.05) is 6.54 Å². The smallest absolute Gasteiger partial charge is 0.123 e. The van der Waals surface area contributed by atoms with Gasteiger partial charge in [0.1, 0.15) is 5.82 Å². The largest absolute Gasteiger partial charge is 0.403 e. The van der Waals surface area contributed by atoms with Crippen LogP contribution < -0.4 is 22.3 Å². The topological polar surface area (TPSA) is 79.3 Å². The number of hydrazine groups is 1. The fraction of sp³-hybridized carbons (Fsp3) is 0.333. The molecule has 2 rings (SSSR count). The van der Waals surface area contributed by atoms with Gasteiger partial charge in [-0.15, -0.1) is 0 Å². The van der Waals surface area contributed by atoms with E-state index in [-0.39, 0.29) is 11.9 Å². The number of benzene rings is 1. The van der Waals surface area contributed by atoms with Crippen molar-refractivity contribution >= 4 is 0 Å². The van der Waals surface area contributed by atoms with Gasteiger partial charge in [0, 0.05) is 42.8 Å². The van der Waals surface area contributed by atoms with E-state index >= 15 is 0 Å². The lowest BCUT2D eigenvalue weighted by Crippen LogP contribution is -2.35. The molecule has 1 aliphatic heterocycles. The van der Waals surface area contributed by atoms with Crippen LogP contribution in [0.25, 0.3) is 0 Å². The van der Waals surface area contributed by atoms with Crippen molar-refractivity contribution in [2.24, 2.45) is 11.6 Å². The maximum absolute atomic E-state index is 13.0. The molecule has 130 valence electrons. The first-order valence-electron chi connectivity index (χ1n) is 8.04. The molecule has 0 amide bonds. The van der Waals surface area contributed by atoms with E-state index in [0.29, 0.717) is 13.0 Å². The second kappa shape index (κ2) is 8.40. The molecule has 6 N–H and O–H groups in total. The highest BCUT2D eigenvalue weighted by molar-refractivity contribution is 5.20. The van der Waals surface area contributed by atoms with Crippen molar-refractivity contribution < 1.29 is 4.39 Å². The summed E-state index contributed by atoms with van der Waals surface area (Å²) in [5.41, 5.74) is 11.8. The van der Waals surface area contributed by atoms with E-state index in [2.05, 4.69) is 28.8 Å². The summed E-state index contributed by atoms with van der Waals surface area (Å²) in [6, 6.07) is 6.65. The first-order valence-corrected chi connectivity index (χ1v) is 8.04. The van der Waals surface area contributed by atoms with Crippen LogP contribution in [0.4, 0.5) is 4.39 Å². The van der Waals surface area contributed by atoms with Crippen molar-refractivity contribution in [2.45, 2.75) is 31.8 Å². The molecule has 5 nitrogen and oxygen atoms in total. The summed E-state index contributed by atoms with van der Waals surface area (Å²) in [4.78, 5) is 2.24. The Morgan fingerprint density at radius 3 is 2.67 bits per heavy atom. The maximum Gasteiger partial charge on any atom is 0.123 e. The van der Waals surface area contributed by atoms with Crippen LogP contribution in [0.1, 0.15) is 24.8 Å². The summed E-state index contributed by atoms with van der Waals surface area (Å²) in [6.07, 6.45) is 4.14. The van der Waals surface area contributed by atoms with E-state index in [1.165, 1.54) is 18.3 Å². The first-order chi connectivity index (χ1) is 11.5. The standard InChI is InChI=1S/C18H26FN5/c1-13(10-17(11-20)23-21)24-9-3-4-18(24)14(2)22-12-15-5-7-16(19)8-6-15/h5-8,11,18,22-23H,1-4,9-10,12,20-21H2/b17-11-. The fourth-order valence-corrected chi connectivity index (χ4v) is 2.92. The van der Waals surface area contributed by atoms with Gasteiger partial charge in [-0.25, -0.2) is 4.39 Å². The monoisotopic (exact) mass is 331 g/mol. The predicted molar refractivity (Wildman–Crippen MR) is 95.5 cm³/mol. The Bertz CT molecular complexity index is 608. The van der Waals surface area contributed by atoms with Gasteiger partial charge in [-0.1, -0.05) is 25.3 Å². The van der Waals surface area contributed by atoms with Gasteiger partial charge in [-0.3, -0.25) is 5.84 Å². The number of likely N-dealkylation sites (tertiary alicyclic amines) is 1. The summed E-state index contributed by atoms with van der Waals surface area (Å²) in [5, 5.41) is 3.35. The normalized spacial score (nSPS) is 17.7. The molecule has 1 saturated heterocycles. The quantitative estimate of drug-likeness (QED) is 0.433. The van der Waals surface area contributed by atoms with E-state index in [1.54, 1.807) is 12.1 Å². The molecular weight excluding hydrogens is 305 g/mol. The molecule has 24 heavy (non-hydrogen) atoms. The molecule has 1 aliphatic rings. The number of nitrogens with zero attached hydrogens (tertiary/aromatic N) is 1. The molecule has 0 radical (unpaired) electrons. The highest BCUT2D eigenvalue weighted by atomic mass is 19.1. The number of nitrogens with one attached hydrogen (secondary N) is 2. The number of nitrogens with two attached hydrogens (primary N) is 2. The summed E-state index contributed by atoms with van der Waals surface area (Å²) in [7, 11) is 0. The Balaban J connectivity index is 1.92. The van der Waals surface area contributed by atoms with Crippen LogP contribution in [0, 0.1) is 5.82 Å². The van der Waals surface area contributed by atoms with E-state index in [1.807, 2.05) is 0 Å². The lowest BCUT2D eigenvalue weighted by molar-refractivity contribution is 0.336. The minimum absolute atomic E-state index is 0.190. The van der Waals surface area contributed by atoms with E-state index < -0.39 is 0 Å². The lowest BCUT2D eigenvalue weighted by Gasteiger charge is -2.31. The van der Waals surface area contributed by atoms with Gasteiger partial charge in [0.25, 0.3) is 0 Å². The predicted octanol–water partition coefficient (Wildman–Crippen LogP) is 2.06. The zero-order valence-corrected chi connectivity index (χ0v) is 13.9. The van der Waals surface area contributed by atoms with Gasteiger partial charge in [-0.05, 0) is 30.5 Å². The second-order valence-corrected chi connectivity index (χ2v) is 5.94. The van der Waals surface area contributed by atoms with Gasteiger partial charge >= 0.3 is 0 Å². The van der Waals surface area contributed by atoms with Crippen LogP contribution in [-0.4, -0.2) is 17.5 Å². The minimum atomic E-state index is -0.229. The third-order valence-electron chi connectivity index (χ3n) is 4.28. The Morgan fingerprint density at radius 1 is 1.33 bits per heavy atom. The Kier molecular flexibility index (Phi) is 6.26. The second-order valence-electron chi connectivity index (χ2n) is 5.94. The van der Waals surface area contributed by atoms with Crippen LogP contribution in [0.15, 0.2) is 60.7 Å². The van der Waals surface area contributed by atoms with Crippen LogP contribution >= 0.6 is 0 Å². The molecule has 0 saturated carbocycles. The molecule has 0 aliphatic carbocycles. The van der Waals surface area contributed by atoms with Gasteiger partial charge in [0.2, 0.25) is 0 Å². The number of halogens is 1. The third-order valence-corrected chi connectivity index (χ3v) is 4.28. The van der Waals surface area contributed by atoms with Crippen LogP contribution in [0.5, 0.6) is 0 Å². The average molecular weight is 331 g/mol. The lowest BCUT2D eigenvalue weighted by atomic mass is 10.1. The summed E-state index contributed by atoms with van der Waals surface area (Å²) >= 11 is 0. The van der Waals surface area contributed by atoms with Gasteiger partial charge < -0.3 is 21.4 Å². The van der Waals surface area contributed by atoms with Gasteiger partial charge in [0.05, 0.1) is 6.04 Å². The molecule has 0 aromatic heterocycles. The van der Waals surface area contributed by atoms with Gasteiger partial charge in [-0.2, -0.15) is 0 Å². The zero-order chi connectivity index (χ0) is 17.5. The summed E-state index contributed by atoms with van der Waals surface area (Å²) < 4.78 is 13.0. The minimum Gasteiger partial charge on any atom is -0.403 e. The number of hydrogen-bond donors (Lipinski definition) is 4. The molecule has 1 unspecified atom stereocenters. The zero-order valence-electron chi connectivity index (χ0n) is 13.9. The SMILES string of the molecule is C=C(NCc1ccc(F)cc1)C1CCCN1C(=C)C/C(=C/N)NN. The maximum atomic E-state index is 13.0. The molecule has 6 heteroatoms. The molecule has 0 bridgehead atoms. The summed E-state index contributed by atoms with van der Waals surface area (Å²) in [5.74, 6) is 5.20. The molecule has 1 aromatic carbocycles. The van der Waals surface area contributed by atoms with Crippen molar-refractivity contribution in [3.8, 4) is 0 Å². The van der Waals surface area contributed by atoms with Crippen molar-refractivity contribution in [1.82, 2.24) is 15.6 Å². The van der Waals surface area contributed by atoms with Crippen molar-refractivity contribution in [1.29, 1.82) is 0 Å². The van der Waals surface area contributed by atoms with Crippen LogP contribution in [0.2, 0.25) is 0 Å². The Morgan fingerprint density at radius 2 is 2.04 bits per heavy atom. The van der Waals surface area contributed by atoms with Crippen LogP contribution in [-0.2, 0) is 6.54 Å². The van der Waals surface area contributed by atoms with E-state index in [9.17, 15) is 4.39 Å². The van der Waals surface area contributed by atoms with E-state index in [0.717, 1.165) is 42.0 Å². The Labute approximate surface area is 142 Å². The highest BCUT2D eigenvalue weighted by Crippen LogP contribution is 2.27. The van der Waals surface area contributed by atoms with Gasteiger partial charge in [0.15, 0.2) is 0 Å². The fourth-order valence-electron chi connectivity index (χ4n) is 2.92. The number of rotatable bonds is 8. The van der Waals surface area contributed by atoms with Crippen molar-refractivity contribution in [3.05, 3.63) is 72.1 Å². The highest BCUT2D eigenvalue weighted by Gasteiger charge is 2.27. The third kappa shape index (κ3) is 4.52. The van der Waals surface area contributed by atoms with E-state index in [4.69, 9.17) is 11.6 Å². The molecule has 1 heterocycles. The van der Waals surface area contributed by atoms with Crippen LogP contribution in [0.3, 0.4) is 0 Å². The first kappa shape index (κ1) is 17.9. The summed E-state index contributed by atoms with van der Waals surface area (Å²) in [6.45, 7) is 9.88. The molecule has 1 atom stereocenters. The molecular formula is C18H26FN5. The van der Waals surface area contributed by atoms with Crippen molar-refractivity contribution in [3.63, 3.8) is 0 Å². The average Bonchev–Trinajstić information content (AvgIpc) is 3.08. The molecule has 1 fully saturated rings. The number of hydrogen-bond acceptors (Lipinski definition) is 5. The molecule has 0 spiro atoms.